The van der Waals surface area contributed by atoms with Crippen molar-refractivity contribution in [2.45, 2.75) is 51.5 Å². The van der Waals surface area contributed by atoms with E-state index in [0.717, 1.165) is 0 Å². The molecule has 0 saturated carbocycles. The maximum atomic E-state index is 13.2. The SMILES string of the molecule is CC(C)(C)OC(=O)N[C@@H]1C[C@H](c2c(OC(F)F)cccc2C(=O)O)n2c1nc1ccc(Cl)nc12. The van der Waals surface area contributed by atoms with Crippen molar-refractivity contribution >= 4 is 34.8 Å². The Bertz CT molecular complexity index is 1270. The van der Waals surface area contributed by atoms with E-state index in [9.17, 15) is 23.5 Å². The topological polar surface area (TPSA) is 116 Å². The van der Waals surface area contributed by atoms with E-state index in [-0.39, 0.29) is 28.5 Å². The molecular formula is C22H21ClF2N4O5. The highest BCUT2D eigenvalue weighted by atomic mass is 35.5. The van der Waals surface area contributed by atoms with Crippen LogP contribution in [0.15, 0.2) is 30.3 Å². The number of hydrogen-bond acceptors (Lipinski definition) is 6. The molecule has 2 aromatic heterocycles. The summed E-state index contributed by atoms with van der Waals surface area (Å²) in [5.41, 5.74) is -0.235. The number of hydrogen-bond donors (Lipinski definition) is 2. The quantitative estimate of drug-likeness (QED) is 0.482. The van der Waals surface area contributed by atoms with Crippen LogP contribution in [0.2, 0.25) is 5.15 Å². The largest absolute Gasteiger partial charge is 0.478 e. The Hall–Kier alpha value is -3.47. The highest BCUT2D eigenvalue weighted by Crippen LogP contribution is 2.45. The number of carbonyl (C=O) groups is 2. The molecule has 0 saturated heterocycles. The molecule has 34 heavy (non-hydrogen) atoms. The molecule has 0 unspecified atom stereocenters. The fraction of sp³-hybridized carbons (Fsp3) is 0.364. The lowest BCUT2D eigenvalue weighted by atomic mass is 9.96. The number of carboxylic acids is 1. The zero-order valence-electron chi connectivity index (χ0n) is 18.4. The molecule has 2 atom stereocenters. The molecule has 1 amide bonds. The lowest BCUT2D eigenvalue weighted by molar-refractivity contribution is -0.0507. The minimum Gasteiger partial charge on any atom is -0.478 e. The van der Waals surface area contributed by atoms with Gasteiger partial charge in [-0.2, -0.15) is 8.78 Å². The molecule has 0 aliphatic carbocycles. The van der Waals surface area contributed by atoms with Crippen molar-refractivity contribution in [1.29, 1.82) is 0 Å². The summed E-state index contributed by atoms with van der Waals surface area (Å²) in [5, 5.41) is 12.7. The van der Waals surface area contributed by atoms with Gasteiger partial charge in [-0.3, -0.25) is 0 Å². The molecule has 1 aliphatic rings. The molecule has 9 nitrogen and oxygen atoms in total. The minimum atomic E-state index is -3.17. The summed E-state index contributed by atoms with van der Waals surface area (Å²) in [4.78, 5) is 33.4. The van der Waals surface area contributed by atoms with E-state index < -0.39 is 36.4 Å². The number of aromatic nitrogens is 3. The fourth-order valence-corrected chi connectivity index (χ4v) is 4.19. The Morgan fingerprint density at radius 1 is 1.24 bits per heavy atom. The molecule has 1 aliphatic heterocycles. The number of alkyl carbamates (subject to hydrolysis) is 1. The monoisotopic (exact) mass is 494 g/mol. The molecule has 2 N–H and O–H groups in total. The van der Waals surface area contributed by atoms with Crippen molar-refractivity contribution in [1.82, 2.24) is 19.9 Å². The van der Waals surface area contributed by atoms with Gasteiger partial charge in [0.2, 0.25) is 0 Å². The normalized spacial score (nSPS) is 17.6. The van der Waals surface area contributed by atoms with Crippen molar-refractivity contribution in [3.63, 3.8) is 0 Å². The smallest absolute Gasteiger partial charge is 0.408 e. The standard InChI is InChI=1S/C22H21ClF2N4O5/c1-22(2,3)34-21(32)27-12-9-13(29-17-11(26-18(12)29)7-8-15(23)28-17)16-10(19(30)31)5-4-6-14(16)33-20(24)25/h4-8,12-13,20H,9H2,1-3H3,(H,27,32)(H,30,31)/t12-,13-/m1/s1. The van der Waals surface area contributed by atoms with Crippen LogP contribution in [0.1, 0.15) is 61.0 Å². The fourth-order valence-electron chi connectivity index (χ4n) is 4.05. The first-order chi connectivity index (χ1) is 15.9. The van der Waals surface area contributed by atoms with Crippen LogP contribution in [0.5, 0.6) is 5.75 Å². The summed E-state index contributed by atoms with van der Waals surface area (Å²) in [5.74, 6) is -1.27. The number of aromatic carboxylic acids is 1. The number of alkyl halides is 2. The third-order valence-corrected chi connectivity index (χ3v) is 5.36. The van der Waals surface area contributed by atoms with E-state index >= 15 is 0 Å². The van der Waals surface area contributed by atoms with Gasteiger partial charge in [0.1, 0.15) is 27.8 Å². The average Bonchev–Trinajstić information content (AvgIpc) is 3.23. The Kier molecular flexibility index (Phi) is 6.07. The third kappa shape index (κ3) is 4.60. The van der Waals surface area contributed by atoms with E-state index in [1.54, 1.807) is 31.4 Å². The van der Waals surface area contributed by atoms with Crippen molar-refractivity contribution < 1.29 is 33.0 Å². The number of carboxylic acid groups (broad SMARTS) is 1. The molecule has 0 radical (unpaired) electrons. The number of rotatable bonds is 5. The second kappa shape index (κ2) is 8.71. The molecule has 0 fully saturated rings. The van der Waals surface area contributed by atoms with Gasteiger partial charge in [0, 0.05) is 12.0 Å². The number of imidazole rings is 1. The van der Waals surface area contributed by atoms with E-state index in [2.05, 4.69) is 20.0 Å². The van der Waals surface area contributed by atoms with Crippen molar-refractivity contribution in [3.05, 3.63) is 52.4 Å². The predicted octanol–water partition coefficient (Wildman–Crippen LogP) is 4.94. The molecular weight excluding hydrogens is 474 g/mol. The van der Waals surface area contributed by atoms with Crippen LogP contribution in [0.25, 0.3) is 11.2 Å². The van der Waals surface area contributed by atoms with Crippen molar-refractivity contribution in [2.24, 2.45) is 0 Å². The molecule has 12 heteroatoms. The maximum absolute atomic E-state index is 13.2. The number of halogens is 3. The van der Waals surface area contributed by atoms with Gasteiger partial charge >= 0.3 is 18.7 Å². The van der Waals surface area contributed by atoms with Gasteiger partial charge in [0.25, 0.3) is 0 Å². The maximum Gasteiger partial charge on any atom is 0.408 e. The van der Waals surface area contributed by atoms with Crippen LogP contribution in [-0.2, 0) is 4.74 Å². The number of nitrogens with one attached hydrogen (secondary N) is 1. The molecule has 0 bridgehead atoms. The number of amides is 1. The minimum absolute atomic E-state index is 0.00566. The van der Waals surface area contributed by atoms with Gasteiger partial charge in [0.05, 0.1) is 17.6 Å². The van der Waals surface area contributed by atoms with E-state index in [1.807, 2.05) is 0 Å². The molecule has 3 aromatic rings. The van der Waals surface area contributed by atoms with Crippen LogP contribution in [0, 0.1) is 0 Å². The Morgan fingerprint density at radius 3 is 2.62 bits per heavy atom. The van der Waals surface area contributed by atoms with E-state index in [0.29, 0.717) is 17.0 Å². The highest BCUT2D eigenvalue weighted by Gasteiger charge is 2.40. The Balaban J connectivity index is 1.88. The number of carbonyl (C=O) groups excluding carboxylic acids is 1. The first-order valence-corrected chi connectivity index (χ1v) is 10.7. The predicted molar refractivity (Wildman–Crippen MR) is 117 cm³/mol. The number of nitrogens with zero attached hydrogens (tertiary/aromatic N) is 3. The van der Waals surface area contributed by atoms with Crippen LogP contribution in [0.4, 0.5) is 13.6 Å². The number of fused-ring (bicyclic) bond motifs is 3. The highest BCUT2D eigenvalue weighted by molar-refractivity contribution is 6.29. The van der Waals surface area contributed by atoms with Crippen molar-refractivity contribution in [3.8, 4) is 5.75 Å². The number of benzene rings is 1. The first kappa shape index (κ1) is 23.7. The van der Waals surface area contributed by atoms with Gasteiger partial charge < -0.3 is 24.5 Å². The second-order valence-corrected chi connectivity index (χ2v) is 9.06. The number of pyridine rings is 1. The zero-order chi connectivity index (χ0) is 24.8. The summed E-state index contributed by atoms with van der Waals surface area (Å²) in [6.07, 6.45) is -0.617. The average molecular weight is 495 g/mol. The Morgan fingerprint density at radius 2 is 1.97 bits per heavy atom. The summed E-state index contributed by atoms with van der Waals surface area (Å²) in [7, 11) is 0. The summed E-state index contributed by atoms with van der Waals surface area (Å²) >= 11 is 6.09. The van der Waals surface area contributed by atoms with Crippen molar-refractivity contribution in [2.75, 3.05) is 0 Å². The molecule has 0 spiro atoms. The lowest BCUT2D eigenvalue weighted by Gasteiger charge is -2.22. The summed E-state index contributed by atoms with van der Waals surface area (Å²) < 4.78 is 38.0. The molecule has 1 aromatic carbocycles. The van der Waals surface area contributed by atoms with Gasteiger partial charge in [0.15, 0.2) is 5.65 Å². The van der Waals surface area contributed by atoms with Crippen LogP contribution < -0.4 is 10.1 Å². The van der Waals surface area contributed by atoms with E-state index in [4.69, 9.17) is 16.3 Å². The van der Waals surface area contributed by atoms with Gasteiger partial charge in [-0.25, -0.2) is 19.6 Å². The third-order valence-electron chi connectivity index (χ3n) is 5.15. The number of ether oxygens (including phenoxy) is 2. The molecule has 180 valence electrons. The van der Waals surface area contributed by atoms with Gasteiger partial charge in [-0.1, -0.05) is 17.7 Å². The second-order valence-electron chi connectivity index (χ2n) is 8.67. The molecule has 3 heterocycles. The lowest BCUT2D eigenvalue weighted by Crippen LogP contribution is -2.34. The van der Waals surface area contributed by atoms with E-state index in [1.165, 1.54) is 24.3 Å². The summed E-state index contributed by atoms with van der Waals surface area (Å²) in [6, 6.07) is 5.45. The first-order valence-electron chi connectivity index (χ1n) is 10.3. The van der Waals surface area contributed by atoms with Gasteiger partial charge in [-0.15, -0.1) is 0 Å². The zero-order valence-corrected chi connectivity index (χ0v) is 19.1. The summed E-state index contributed by atoms with van der Waals surface area (Å²) in [6.45, 7) is 1.96. The Labute approximate surface area is 197 Å². The van der Waals surface area contributed by atoms with Crippen LogP contribution >= 0.6 is 11.6 Å². The van der Waals surface area contributed by atoms with Gasteiger partial charge in [-0.05, 0) is 45.0 Å². The van der Waals surface area contributed by atoms with Crippen LogP contribution in [0.3, 0.4) is 0 Å². The molecule has 4 rings (SSSR count). The van der Waals surface area contributed by atoms with Crippen LogP contribution in [-0.4, -0.2) is 43.9 Å².